The van der Waals surface area contributed by atoms with Crippen molar-refractivity contribution in [3.63, 3.8) is 0 Å². The molecule has 27 heavy (non-hydrogen) atoms. The van der Waals surface area contributed by atoms with Gasteiger partial charge in [0.25, 0.3) is 0 Å². The van der Waals surface area contributed by atoms with Gasteiger partial charge in [0.1, 0.15) is 12.4 Å². The lowest BCUT2D eigenvalue weighted by molar-refractivity contribution is -0.116. The summed E-state index contributed by atoms with van der Waals surface area (Å²) in [5.74, 6) is 0.899. The topological polar surface area (TPSA) is 75.6 Å². The summed E-state index contributed by atoms with van der Waals surface area (Å²) in [7, 11) is 0. The summed E-state index contributed by atoms with van der Waals surface area (Å²) in [4.78, 5) is 20.0. The van der Waals surface area contributed by atoms with E-state index in [0.29, 0.717) is 0 Å². The van der Waals surface area contributed by atoms with Crippen molar-refractivity contribution in [3.8, 4) is 0 Å². The third kappa shape index (κ3) is 4.23. The van der Waals surface area contributed by atoms with Crippen molar-refractivity contribution in [3.05, 3.63) is 77.9 Å². The monoisotopic (exact) mass is 359 g/mol. The minimum Gasteiger partial charge on any atom is -0.342 e. The Morgan fingerprint density at radius 3 is 2.67 bits per heavy atom. The van der Waals surface area contributed by atoms with E-state index in [9.17, 15) is 4.79 Å². The fraction of sp³-hybridized carbons (Fsp3) is 0.190. The highest BCUT2D eigenvalue weighted by Crippen LogP contribution is 2.14. The van der Waals surface area contributed by atoms with Gasteiger partial charge < -0.3 is 10.3 Å². The van der Waals surface area contributed by atoms with E-state index in [1.165, 1.54) is 5.56 Å². The number of fused-ring (bicyclic) bond motifs is 1. The zero-order valence-corrected chi connectivity index (χ0v) is 15.1. The molecule has 4 rings (SSSR count). The summed E-state index contributed by atoms with van der Waals surface area (Å²) in [5.41, 5.74) is 5.10. The number of hydrogen-bond acceptors (Lipinski definition) is 3. The van der Waals surface area contributed by atoms with E-state index in [4.69, 9.17) is 0 Å². The van der Waals surface area contributed by atoms with Crippen LogP contribution in [0.25, 0.3) is 11.0 Å². The molecule has 2 N–H and O–H groups in total. The second-order valence-electron chi connectivity index (χ2n) is 6.66. The van der Waals surface area contributed by atoms with E-state index in [-0.39, 0.29) is 12.5 Å². The number of nitrogens with one attached hydrogen (secondary N) is 2. The predicted octanol–water partition coefficient (Wildman–Crippen LogP) is 3.49. The maximum absolute atomic E-state index is 12.1. The Labute approximate surface area is 157 Å². The van der Waals surface area contributed by atoms with E-state index in [1.807, 2.05) is 61.7 Å². The molecule has 0 saturated carbocycles. The molecular formula is C21H21N5O. The molecule has 2 aromatic carbocycles. The second kappa shape index (κ2) is 7.45. The van der Waals surface area contributed by atoms with E-state index < -0.39 is 0 Å². The van der Waals surface area contributed by atoms with Gasteiger partial charge in [-0.3, -0.25) is 9.48 Å². The summed E-state index contributed by atoms with van der Waals surface area (Å²) in [6, 6.07) is 16.0. The number of para-hydroxylation sites is 2. The predicted molar refractivity (Wildman–Crippen MR) is 106 cm³/mol. The molecule has 2 heterocycles. The van der Waals surface area contributed by atoms with Crippen LogP contribution in [-0.4, -0.2) is 25.7 Å². The molecule has 1 amide bonds. The Morgan fingerprint density at radius 1 is 1.11 bits per heavy atom. The number of imidazole rings is 1. The van der Waals surface area contributed by atoms with Crippen LogP contribution in [0, 0.1) is 6.92 Å². The Hall–Kier alpha value is -3.41. The molecule has 2 aromatic heterocycles. The molecule has 6 heteroatoms. The second-order valence-corrected chi connectivity index (χ2v) is 6.66. The average molecular weight is 359 g/mol. The van der Waals surface area contributed by atoms with Crippen LogP contribution < -0.4 is 5.32 Å². The van der Waals surface area contributed by atoms with Gasteiger partial charge in [0.15, 0.2) is 0 Å². The van der Waals surface area contributed by atoms with Crippen LogP contribution in [-0.2, 0) is 24.2 Å². The molecule has 4 aromatic rings. The SMILES string of the molecule is Cc1cnn(CC(=O)Nc2ccc(CCc3nc4ccccc4[nH]3)cc2)c1. The molecule has 0 saturated heterocycles. The number of benzene rings is 2. The molecule has 6 nitrogen and oxygen atoms in total. The number of aromatic amines is 1. The quantitative estimate of drug-likeness (QED) is 0.553. The Balaban J connectivity index is 1.32. The maximum atomic E-state index is 12.1. The van der Waals surface area contributed by atoms with Crippen LogP contribution in [0.4, 0.5) is 5.69 Å². The third-order valence-corrected chi connectivity index (χ3v) is 4.39. The Bertz CT molecular complexity index is 1030. The van der Waals surface area contributed by atoms with Crippen molar-refractivity contribution in [2.75, 3.05) is 5.32 Å². The first-order valence-corrected chi connectivity index (χ1v) is 8.97. The average Bonchev–Trinajstić information content (AvgIpc) is 3.26. The number of hydrogen-bond donors (Lipinski definition) is 2. The van der Waals surface area contributed by atoms with E-state index in [1.54, 1.807) is 10.9 Å². The number of amides is 1. The summed E-state index contributed by atoms with van der Waals surface area (Å²) < 4.78 is 1.63. The standard InChI is InChI=1S/C21H21N5O/c1-15-12-22-26(13-15)14-21(27)23-17-9-6-16(7-10-17)8-11-20-24-18-4-2-3-5-19(18)25-20/h2-7,9-10,12-13H,8,11,14H2,1H3,(H,23,27)(H,24,25). The number of aryl methyl sites for hydroxylation is 3. The molecular weight excluding hydrogens is 338 g/mol. The summed E-state index contributed by atoms with van der Waals surface area (Å²) in [6.45, 7) is 2.16. The van der Waals surface area contributed by atoms with Gasteiger partial charge in [-0.2, -0.15) is 5.10 Å². The number of nitrogens with zero attached hydrogens (tertiary/aromatic N) is 3. The normalized spacial score (nSPS) is 11.0. The van der Waals surface area contributed by atoms with Crippen LogP contribution in [0.2, 0.25) is 0 Å². The number of anilines is 1. The fourth-order valence-corrected chi connectivity index (χ4v) is 3.04. The van der Waals surface area contributed by atoms with Gasteiger partial charge in [-0.05, 0) is 48.7 Å². The number of carbonyl (C=O) groups is 1. The number of aromatic nitrogens is 4. The van der Waals surface area contributed by atoms with Gasteiger partial charge in [-0.1, -0.05) is 24.3 Å². The first-order valence-electron chi connectivity index (χ1n) is 8.97. The first-order chi connectivity index (χ1) is 13.2. The van der Waals surface area contributed by atoms with Crippen molar-refractivity contribution >= 4 is 22.6 Å². The maximum Gasteiger partial charge on any atom is 0.246 e. The lowest BCUT2D eigenvalue weighted by Gasteiger charge is -2.06. The zero-order valence-electron chi connectivity index (χ0n) is 15.1. The minimum absolute atomic E-state index is 0.0897. The van der Waals surface area contributed by atoms with E-state index in [0.717, 1.165) is 41.0 Å². The van der Waals surface area contributed by atoms with Gasteiger partial charge in [-0.15, -0.1) is 0 Å². The highest BCUT2D eigenvalue weighted by molar-refractivity contribution is 5.90. The smallest absolute Gasteiger partial charge is 0.246 e. The van der Waals surface area contributed by atoms with Crippen LogP contribution >= 0.6 is 0 Å². The lowest BCUT2D eigenvalue weighted by atomic mass is 10.1. The Kier molecular flexibility index (Phi) is 4.70. The van der Waals surface area contributed by atoms with Gasteiger partial charge in [0, 0.05) is 18.3 Å². The van der Waals surface area contributed by atoms with Crippen molar-refractivity contribution in [1.82, 2.24) is 19.7 Å². The molecule has 0 aliphatic heterocycles. The number of rotatable bonds is 6. The fourth-order valence-electron chi connectivity index (χ4n) is 3.04. The highest BCUT2D eigenvalue weighted by Gasteiger charge is 2.06. The number of H-pyrrole nitrogens is 1. The van der Waals surface area contributed by atoms with Crippen molar-refractivity contribution < 1.29 is 4.79 Å². The molecule has 0 bridgehead atoms. The largest absolute Gasteiger partial charge is 0.342 e. The van der Waals surface area contributed by atoms with Crippen molar-refractivity contribution in [2.24, 2.45) is 0 Å². The van der Waals surface area contributed by atoms with Gasteiger partial charge in [-0.25, -0.2) is 4.98 Å². The first kappa shape index (κ1) is 17.0. The van der Waals surface area contributed by atoms with E-state index in [2.05, 4.69) is 20.4 Å². The zero-order chi connectivity index (χ0) is 18.6. The van der Waals surface area contributed by atoms with E-state index >= 15 is 0 Å². The van der Waals surface area contributed by atoms with Gasteiger partial charge >= 0.3 is 0 Å². The van der Waals surface area contributed by atoms with Crippen LogP contribution in [0.3, 0.4) is 0 Å². The third-order valence-electron chi connectivity index (χ3n) is 4.39. The van der Waals surface area contributed by atoms with Crippen molar-refractivity contribution in [1.29, 1.82) is 0 Å². The molecule has 0 spiro atoms. The lowest BCUT2D eigenvalue weighted by Crippen LogP contribution is -2.18. The Morgan fingerprint density at radius 2 is 1.93 bits per heavy atom. The molecule has 0 radical (unpaired) electrons. The minimum atomic E-state index is -0.0897. The van der Waals surface area contributed by atoms with Crippen LogP contribution in [0.5, 0.6) is 0 Å². The molecule has 0 unspecified atom stereocenters. The van der Waals surface area contributed by atoms with Crippen molar-refractivity contribution in [2.45, 2.75) is 26.3 Å². The molecule has 0 aliphatic rings. The molecule has 136 valence electrons. The molecule has 0 fully saturated rings. The molecule has 0 aliphatic carbocycles. The van der Waals surface area contributed by atoms with Gasteiger partial charge in [0.05, 0.1) is 17.2 Å². The summed E-state index contributed by atoms with van der Waals surface area (Å²) >= 11 is 0. The summed E-state index contributed by atoms with van der Waals surface area (Å²) in [6.07, 6.45) is 5.32. The van der Waals surface area contributed by atoms with Crippen LogP contribution in [0.15, 0.2) is 60.9 Å². The molecule has 0 atom stereocenters. The highest BCUT2D eigenvalue weighted by atomic mass is 16.2. The van der Waals surface area contributed by atoms with Crippen LogP contribution in [0.1, 0.15) is 17.0 Å². The summed E-state index contributed by atoms with van der Waals surface area (Å²) in [5, 5.41) is 7.03. The number of carbonyl (C=O) groups excluding carboxylic acids is 1. The van der Waals surface area contributed by atoms with Gasteiger partial charge in [0.2, 0.25) is 5.91 Å².